The lowest BCUT2D eigenvalue weighted by Crippen LogP contribution is -2.50. The third kappa shape index (κ3) is 7.17. The van der Waals surface area contributed by atoms with E-state index in [0.717, 1.165) is 6.07 Å². The second kappa shape index (κ2) is 13.3. The second-order valence-electron chi connectivity index (χ2n) is 10.7. The molecule has 15 heteroatoms. The summed E-state index contributed by atoms with van der Waals surface area (Å²) in [5.74, 6) is -6.65. The minimum atomic E-state index is -4.57. The Morgan fingerprint density at radius 2 is 1.82 bits per heavy atom. The van der Waals surface area contributed by atoms with Crippen LogP contribution in [-0.4, -0.2) is 56.0 Å². The Morgan fingerprint density at radius 1 is 1.11 bits per heavy atom. The number of aryl methyl sites for hydroxylation is 1. The van der Waals surface area contributed by atoms with Gasteiger partial charge in [-0.05, 0) is 57.7 Å². The molecule has 0 unspecified atom stereocenters. The first kappa shape index (κ1) is 32.8. The molecular formula is C29H32F4N6O4S. The van der Waals surface area contributed by atoms with Crippen molar-refractivity contribution in [3.63, 3.8) is 0 Å². The fourth-order valence-electron chi connectivity index (χ4n) is 4.89. The molecular weight excluding hydrogens is 604 g/mol. The molecule has 44 heavy (non-hydrogen) atoms. The van der Waals surface area contributed by atoms with Gasteiger partial charge >= 0.3 is 0 Å². The van der Waals surface area contributed by atoms with E-state index in [0.29, 0.717) is 31.1 Å². The molecule has 0 bridgehead atoms. The van der Waals surface area contributed by atoms with Crippen LogP contribution in [0.25, 0.3) is 11.1 Å². The van der Waals surface area contributed by atoms with E-state index in [4.69, 9.17) is 0 Å². The molecule has 2 heterocycles. The van der Waals surface area contributed by atoms with Gasteiger partial charge in [-0.15, -0.1) is 0 Å². The fourth-order valence-corrected chi connectivity index (χ4v) is 6.11. The molecule has 1 fully saturated rings. The van der Waals surface area contributed by atoms with Gasteiger partial charge in [0.2, 0.25) is 16.0 Å². The van der Waals surface area contributed by atoms with Gasteiger partial charge in [0.05, 0.1) is 17.4 Å². The monoisotopic (exact) mass is 636 g/mol. The van der Waals surface area contributed by atoms with E-state index in [1.807, 2.05) is 0 Å². The Balaban J connectivity index is 1.74. The normalized spacial score (nSPS) is 17.5. The SMILES string of the molecule is C=N/C(=N\c1c(C)cc(-c2cc(F)c(NS(=O)(=O)Cc3ccccc3F)c(F)c2F)c(=O)n1C(C)C)N[C@@H]1CNC[C@@H](O)C1. The number of nitrogens with zero attached hydrogens (tertiary/aromatic N) is 3. The van der Waals surface area contributed by atoms with Gasteiger partial charge in [0.15, 0.2) is 17.5 Å². The molecule has 2 aromatic carbocycles. The van der Waals surface area contributed by atoms with E-state index < -0.39 is 73.6 Å². The zero-order valence-electron chi connectivity index (χ0n) is 24.2. The summed E-state index contributed by atoms with van der Waals surface area (Å²) in [4.78, 5) is 22.0. The third-order valence-electron chi connectivity index (χ3n) is 6.94. The summed E-state index contributed by atoms with van der Waals surface area (Å²) < 4.78 is 87.7. The highest BCUT2D eigenvalue weighted by molar-refractivity contribution is 7.91. The topological polar surface area (TPSA) is 137 Å². The van der Waals surface area contributed by atoms with Gasteiger partial charge in [-0.25, -0.2) is 31.0 Å². The van der Waals surface area contributed by atoms with Crippen LogP contribution in [-0.2, 0) is 15.8 Å². The molecule has 0 spiro atoms. The summed E-state index contributed by atoms with van der Waals surface area (Å²) in [7, 11) is -4.57. The van der Waals surface area contributed by atoms with Gasteiger partial charge in [0.1, 0.15) is 17.3 Å². The van der Waals surface area contributed by atoms with E-state index >= 15 is 13.2 Å². The number of aliphatic hydroxyl groups is 1. The maximum atomic E-state index is 15.4. The van der Waals surface area contributed by atoms with Crippen LogP contribution in [0.5, 0.6) is 0 Å². The van der Waals surface area contributed by atoms with Gasteiger partial charge in [-0.1, -0.05) is 18.2 Å². The highest BCUT2D eigenvalue weighted by Gasteiger charge is 2.27. The molecule has 1 saturated heterocycles. The quantitative estimate of drug-likeness (QED) is 0.128. The number of hydrogen-bond acceptors (Lipinski definition) is 6. The molecule has 1 aliphatic heterocycles. The first-order valence-electron chi connectivity index (χ1n) is 13.6. The maximum Gasteiger partial charge on any atom is 0.260 e. The summed E-state index contributed by atoms with van der Waals surface area (Å²) in [6, 6.07) is 5.88. The van der Waals surface area contributed by atoms with Gasteiger partial charge in [0.25, 0.3) is 5.56 Å². The van der Waals surface area contributed by atoms with Crippen molar-refractivity contribution >= 4 is 34.2 Å². The Labute approximate surface area is 251 Å². The minimum absolute atomic E-state index is 0.0610. The highest BCUT2D eigenvalue weighted by Crippen LogP contribution is 2.33. The summed E-state index contributed by atoms with van der Waals surface area (Å²) in [6.07, 6.45) is -0.159. The Kier molecular flexibility index (Phi) is 9.91. The molecule has 3 aromatic rings. The number of aliphatic imine (C=N–C) groups is 2. The van der Waals surface area contributed by atoms with Gasteiger partial charge in [-0.2, -0.15) is 4.99 Å². The van der Waals surface area contributed by atoms with Crippen LogP contribution in [0.1, 0.15) is 37.4 Å². The molecule has 0 amide bonds. The number of hydrogen-bond donors (Lipinski definition) is 4. The van der Waals surface area contributed by atoms with Crippen molar-refractivity contribution in [2.45, 2.75) is 51.1 Å². The van der Waals surface area contributed by atoms with Crippen LogP contribution in [0.4, 0.5) is 29.1 Å². The molecule has 1 aromatic heterocycles. The van der Waals surface area contributed by atoms with Crippen molar-refractivity contribution in [3.8, 4) is 11.1 Å². The van der Waals surface area contributed by atoms with E-state index in [1.54, 1.807) is 25.5 Å². The molecule has 0 radical (unpaired) electrons. The number of halogens is 4. The van der Waals surface area contributed by atoms with Crippen molar-refractivity contribution < 1.29 is 31.1 Å². The summed E-state index contributed by atoms with van der Waals surface area (Å²) in [6.45, 7) is 9.35. The van der Waals surface area contributed by atoms with Gasteiger partial charge in [-0.3, -0.25) is 14.1 Å². The number of pyridine rings is 1. The standard InChI is InChI=1S/C29H32F4N6O4S/c1-15(2)39-27(37-29(34-4)36-18-10-19(40)13-35-12-18)16(3)9-21(28(39)41)20-11-23(31)26(25(33)24(20)32)38-44(42,43)14-17-7-5-6-8-22(17)30/h5-9,11,15,18-19,35,38,40H,4,10,12-14H2,1-3H3,(H,36,37)/t18-,19-/m0/s1. The lowest BCUT2D eigenvalue weighted by Gasteiger charge is -2.28. The van der Waals surface area contributed by atoms with E-state index in [1.165, 1.54) is 28.8 Å². The zero-order valence-corrected chi connectivity index (χ0v) is 25.0. The largest absolute Gasteiger partial charge is 0.392 e. The van der Waals surface area contributed by atoms with Crippen LogP contribution >= 0.6 is 0 Å². The maximum absolute atomic E-state index is 15.4. The van der Waals surface area contributed by atoms with Crippen molar-refractivity contribution in [2.75, 3.05) is 17.8 Å². The van der Waals surface area contributed by atoms with Crippen molar-refractivity contribution in [1.29, 1.82) is 0 Å². The highest BCUT2D eigenvalue weighted by atomic mass is 32.2. The van der Waals surface area contributed by atoms with Gasteiger partial charge in [0, 0.05) is 36.3 Å². The molecule has 0 saturated carbocycles. The second-order valence-corrected chi connectivity index (χ2v) is 12.4. The predicted molar refractivity (Wildman–Crippen MR) is 161 cm³/mol. The van der Waals surface area contributed by atoms with Crippen molar-refractivity contribution in [3.05, 3.63) is 81.1 Å². The molecule has 1 aliphatic rings. The third-order valence-corrected chi connectivity index (χ3v) is 8.15. The van der Waals surface area contributed by atoms with Crippen LogP contribution in [0.15, 0.2) is 51.2 Å². The number of β-amino-alcohol motifs (C(OH)–C–C–N with tert-alkyl or cyclic N) is 1. The van der Waals surface area contributed by atoms with E-state index in [9.17, 15) is 22.7 Å². The number of benzene rings is 2. The number of aromatic nitrogens is 1. The van der Waals surface area contributed by atoms with Crippen molar-refractivity contribution in [2.24, 2.45) is 9.98 Å². The molecule has 10 nitrogen and oxygen atoms in total. The van der Waals surface area contributed by atoms with Crippen LogP contribution in [0.3, 0.4) is 0 Å². The summed E-state index contributed by atoms with van der Waals surface area (Å²) in [5, 5.41) is 16.1. The molecule has 4 N–H and O–H groups in total. The zero-order chi connectivity index (χ0) is 32.3. The molecule has 4 rings (SSSR count). The first-order valence-corrected chi connectivity index (χ1v) is 15.3. The Bertz CT molecular complexity index is 1780. The van der Waals surface area contributed by atoms with E-state index in [-0.39, 0.29) is 23.4 Å². The number of aliphatic hydroxyl groups excluding tert-OH is 1. The summed E-state index contributed by atoms with van der Waals surface area (Å²) >= 11 is 0. The number of sulfonamides is 1. The Morgan fingerprint density at radius 3 is 2.45 bits per heavy atom. The number of anilines is 1. The van der Waals surface area contributed by atoms with E-state index in [2.05, 4.69) is 27.3 Å². The minimum Gasteiger partial charge on any atom is -0.392 e. The Hall–Kier alpha value is -4.08. The molecule has 236 valence electrons. The van der Waals surface area contributed by atoms with Crippen LogP contribution in [0, 0.1) is 30.2 Å². The number of guanidine groups is 1. The number of nitrogens with one attached hydrogen (secondary N) is 3. The smallest absolute Gasteiger partial charge is 0.260 e. The van der Waals surface area contributed by atoms with Crippen molar-refractivity contribution in [1.82, 2.24) is 15.2 Å². The lowest BCUT2D eigenvalue weighted by molar-refractivity contribution is 0.129. The lowest BCUT2D eigenvalue weighted by atomic mass is 10.0. The van der Waals surface area contributed by atoms with Crippen LogP contribution < -0.4 is 20.9 Å². The molecule has 2 atom stereocenters. The van der Waals surface area contributed by atoms with Crippen LogP contribution in [0.2, 0.25) is 0 Å². The van der Waals surface area contributed by atoms with Gasteiger partial charge < -0.3 is 15.7 Å². The predicted octanol–water partition coefficient (Wildman–Crippen LogP) is 3.90. The number of rotatable bonds is 8. The molecule has 0 aliphatic carbocycles. The number of piperidine rings is 1. The average Bonchev–Trinajstić information content (AvgIpc) is 2.95. The fraction of sp³-hybridized carbons (Fsp3) is 0.345. The average molecular weight is 637 g/mol. The summed E-state index contributed by atoms with van der Waals surface area (Å²) in [5.41, 5.74) is -3.20. The first-order chi connectivity index (χ1) is 20.7.